The van der Waals surface area contributed by atoms with Gasteiger partial charge in [0.15, 0.2) is 0 Å². The minimum absolute atomic E-state index is 0.609. The molecule has 1 aromatic carbocycles. The standard InChI is InChI=1S/C17H26ClN3/c1-5-14(3)20(4)11-12-21-15-8-6-7-13(2)17(15)19-16(21)9-10-18/h6-8,14H,5,9-12H2,1-4H3. The number of nitrogens with zero attached hydrogens (tertiary/aromatic N) is 3. The second-order valence-corrected chi connectivity index (χ2v) is 6.18. The Morgan fingerprint density at radius 3 is 2.81 bits per heavy atom. The topological polar surface area (TPSA) is 21.1 Å². The van der Waals surface area contributed by atoms with Crippen molar-refractivity contribution in [1.82, 2.24) is 14.5 Å². The fourth-order valence-electron chi connectivity index (χ4n) is 2.65. The van der Waals surface area contributed by atoms with Crippen molar-refractivity contribution in [3.63, 3.8) is 0 Å². The number of para-hydroxylation sites is 1. The van der Waals surface area contributed by atoms with Crippen molar-refractivity contribution in [3.05, 3.63) is 29.6 Å². The molecule has 0 amide bonds. The number of aromatic nitrogens is 2. The van der Waals surface area contributed by atoms with Crippen LogP contribution < -0.4 is 0 Å². The molecule has 0 N–H and O–H groups in total. The van der Waals surface area contributed by atoms with E-state index in [1.54, 1.807) is 0 Å². The van der Waals surface area contributed by atoms with E-state index in [9.17, 15) is 0 Å². The molecule has 3 nitrogen and oxygen atoms in total. The molecule has 0 bridgehead atoms. The SMILES string of the molecule is CCC(C)N(C)CCn1c(CCCl)nc2c(C)cccc21. The summed E-state index contributed by atoms with van der Waals surface area (Å²) in [4.78, 5) is 7.21. The van der Waals surface area contributed by atoms with Crippen LogP contribution in [0.25, 0.3) is 11.0 Å². The van der Waals surface area contributed by atoms with Crippen molar-refractivity contribution in [2.45, 2.75) is 46.2 Å². The lowest BCUT2D eigenvalue weighted by atomic mass is 10.2. The zero-order chi connectivity index (χ0) is 15.4. The van der Waals surface area contributed by atoms with Crippen molar-refractivity contribution < 1.29 is 0 Å². The summed E-state index contributed by atoms with van der Waals surface area (Å²) in [5.74, 6) is 1.72. The van der Waals surface area contributed by atoms with Gasteiger partial charge in [0.05, 0.1) is 11.0 Å². The van der Waals surface area contributed by atoms with Crippen molar-refractivity contribution in [1.29, 1.82) is 0 Å². The molecule has 116 valence electrons. The Kier molecular flexibility index (Phi) is 5.65. The molecule has 0 aliphatic rings. The molecule has 1 unspecified atom stereocenters. The number of likely N-dealkylation sites (N-methyl/N-ethyl adjacent to an activating group) is 1. The molecule has 1 atom stereocenters. The van der Waals surface area contributed by atoms with Crippen LogP contribution in [-0.4, -0.2) is 40.0 Å². The fraction of sp³-hybridized carbons (Fsp3) is 0.588. The summed E-state index contributed by atoms with van der Waals surface area (Å²) >= 11 is 5.95. The number of fused-ring (bicyclic) bond motifs is 1. The van der Waals surface area contributed by atoms with Crippen LogP contribution in [0.5, 0.6) is 0 Å². The molecule has 0 radical (unpaired) electrons. The second kappa shape index (κ2) is 7.28. The molecule has 0 aliphatic heterocycles. The van der Waals surface area contributed by atoms with Gasteiger partial charge < -0.3 is 9.47 Å². The van der Waals surface area contributed by atoms with Gasteiger partial charge in [0, 0.05) is 31.4 Å². The lowest BCUT2D eigenvalue weighted by molar-refractivity contribution is 0.242. The van der Waals surface area contributed by atoms with Gasteiger partial charge in [0.1, 0.15) is 5.82 Å². The number of hydrogen-bond acceptors (Lipinski definition) is 2. The molecule has 0 spiro atoms. The van der Waals surface area contributed by atoms with Gasteiger partial charge in [-0.15, -0.1) is 11.6 Å². The highest BCUT2D eigenvalue weighted by Gasteiger charge is 2.13. The third-order valence-corrected chi connectivity index (χ3v) is 4.59. The quantitative estimate of drug-likeness (QED) is 0.724. The predicted molar refractivity (Wildman–Crippen MR) is 91.3 cm³/mol. The molecular weight excluding hydrogens is 282 g/mol. The Labute approximate surface area is 132 Å². The molecule has 0 saturated heterocycles. The van der Waals surface area contributed by atoms with E-state index in [2.05, 4.69) is 55.5 Å². The number of aryl methyl sites for hydroxylation is 2. The van der Waals surface area contributed by atoms with Crippen LogP contribution >= 0.6 is 11.6 Å². The maximum absolute atomic E-state index is 5.95. The summed E-state index contributed by atoms with van der Waals surface area (Å²) in [6.07, 6.45) is 2.00. The van der Waals surface area contributed by atoms with E-state index in [4.69, 9.17) is 16.6 Å². The van der Waals surface area contributed by atoms with Crippen LogP contribution in [0.3, 0.4) is 0 Å². The molecule has 2 rings (SSSR count). The van der Waals surface area contributed by atoms with E-state index in [0.29, 0.717) is 11.9 Å². The van der Waals surface area contributed by atoms with Gasteiger partial charge in [-0.2, -0.15) is 0 Å². The minimum atomic E-state index is 0.609. The number of hydrogen-bond donors (Lipinski definition) is 0. The first-order valence-electron chi connectivity index (χ1n) is 7.79. The number of imidazole rings is 1. The third kappa shape index (κ3) is 3.58. The molecule has 0 aliphatic carbocycles. The number of alkyl halides is 1. The van der Waals surface area contributed by atoms with Crippen LogP contribution in [0.15, 0.2) is 18.2 Å². The summed E-state index contributed by atoms with van der Waals surface area (Å²) in [7, 11) is 2.19. The molecule has 0 saturated carbocycles. The van der Waals surface area contributed by atoms with Crippen LogP contribution in [0, 0.1) is 6.92 Å². The van der Waals surface area contributed by atoms with Crippen molar-refractivity contribution in [2.24, 2.45) is 0 Å². The smallest absolute Gasteiger partial charge is 0.111 e. The zero-order valence-electron chi connectivity index (χ0n) is 13.6. The van der Waals surface area contributed by atoms with Gasteiger partial charge >= 0.3 is 0 Å². The van der Waals surface area contributed by atoms with E-state index < -0.39 is 0 Å². The number of rotatable bonds is 7. The third-order valence-electron chi connectivity index (χ3n) is 4.40. The molecule has 1 aromatic heterocycles. The molecule has 2 aromatic rings. The summed E-state index contributed by atoms with van der Waals surface area (Å²) in [6.45, 7) is 8.62. The highest BCUT2D eigenvalue weighted by Crippen LogP contribution is 2.20. The number of halogens is 1. The molecule has 0 fully saturated rings. The first kappa shape index (κ1) is 16.3. The Bertz CT molecular complexity index is 591. The lowest BCUT2D eigenvalue weighted by Crippen LogP contribution is -2.31. The van der Waals surface area contributed by atoms with Gasteiger partial charge in [0.2, 0.25) is 0 Å². The van der Waals surface area contributed by atoms with Crippen LogP contribution in [0.1, 0.15) is 31.7 Å². The number of benzene rings is 1. The summed E-state index contributed by atoms with van der Waals surface area (Å²) < 4.78 is 2.34. The largest absolute Gasteiger partial charge is 0.327 e. The fourth-order valence-corrected chi connectivity index (χ4v) is 2.82. The first-order chi connectivity index (χ1) is 10.1. The molecule has 21 heavy (non-hydrogen) atoms. The van der Waals surface area contributed by atoms with Crippen LogP contribution in [0.4, 0.5) is 0 Å². The average molecular weight is 308 g/mol. The van der Waals surface area contributed by atoms with Crippen LogP contribution in [0.2, 0.25) is 0 Å². The van der Waals surface area contributed by atoms with Gasteiger partial charge in [-0.05, 0) is 38.9 Å². The van der Waals surface area contributed by atoms with E-state index in [-0.39, 0.29) is 0 Å². The maximum atomic E-state index is 5.95. The summed E-state index contributed by atoms with van der Waals surface area (Å²) in [5, 5.41) is 0. The van der Waals surface area contributed by atoms with Gasteiger partial charge in [-0.1, -0.05) is 19.1 Å². The van der Waals surface area contributed by atoms with E-state index in [1.165, 1.54) is 17.5 Å². The average Bonchev–Trinajstić information content (AvgIpc) is 2.83. The highest BCUT2D eigenvalue weighted by atomic mass is 35.5. The molecule has 4 heteroatoms. The second-order valence-electron chi connectivity index (χ2n) is 5.80. The molecule has 1 heterocycles. The summed E-state index contributed by atoms with van der Waals surface area (Å²) in [6, 6.07) is 7.00. The van der Waals surface area contributed by atoms with E-state index in [0.717, 1.165) is 30.9 Å². The Balaban J connectivity index is 2.28. The lowest BCUT2D eigenvalue weighted by Gasteiger charge is -2.24. The van der Waals surface area contributed by atoms with Gasteiger partial charge in [-0.3, -0.25) is 0 Å². The zero-order valence-corrected chi connectivity index (χ0v) is 14.3. The monoisotopic (exact) mass is 307 g/mol. The van der Waals surface area contributed by atoms with Gasteiger partial charge in [-0.25, -0.2) is 4.98 Å². The van der Waals surface area contributed by atoms with Crippen LogP contribution in [-0.2, 0) is 13.0 Å². The van der Waals surface area contributed by atoms with Gasteiger partial charge in [0.25, 0.3) is 0 Å². The molecular formula is C17H26ClN3. The van der Waals surface area contributed by atoms with E-state index in [1.807, 2.05) is 0 Å². The normalized spacial score (nSPS) is 13.2. The highest BCUT2D eigenvalue weighted by molar-refractivity contribution is 6.17. The predicted octanol–water partition coefficient (Wildman–Crippen LogP) is 3.86. The Morgan fingerprint density at radius 2 is 2.14 bits per heavy atom. The summed E-state index contributed by atoms with van der Waals surface area (Å²) in [5.41, 5.74) is 3.58. The first-order valence-corrected chi connectivity index (χ1v) is 8.32. The maximum Gasteiger partial charge on any atom is 0.111 e. The van der Waals surface area contributed by atoms with Crippen molar-refractivity contribution >= 4 is 22.6 Å². The Morgan fingerprint density at radius 1 is 1.38 bits per heavy atom. The van der Waals surface area contributed by atoms with E-state index >= 15 is 0 Å². The van der Waals surface area contributed by atoms with Crippen molar-refractivity contribution in [2.75, 3.05) is 19.5 Å². The Hall–Kier alpha value is -1.06. The van der Waals surface area contributed by atoms with Crippen molar-refractivity contribution in [3.8, 4) is 0 Å². The minimum Gasteiger partial charge on any atom is -0.327 e.